The lowest BCUT2D eigenvalue weighted by Crippen LogP contribution is -2.11. The van der Waals surface area contributed by atoms with Crippen LogP contribution in [0.15, 0.2) is 93.0 Å². The number of carbonyl (C=O) groups is 2. The number of halogens is 1. The third kappa shape index (κ3) is 5.48. The predicted molar refractivity (Wildman–Crippen MR) is 123 cm³/mol. The zero-order chi connectivity index (χ0) is 21.6. The minimum atomic E-state index is -0.201. The normalized spacial score (nSPS) is 10.6. The maximum atomic E-state index is 12.5. The van der Waals surface area contributed by atoms with Gasteiger partial charge in [0.15, 0.2) is 5.78 Å². The van der Waals surface area contributed by atoms with Crippen molar-refractivity contribution in [2.45, 2.75) is 5.22 Å². The molecule has 31 heavy (non-hydrogen) atoms. The monoisotopic (exact) mass is 493 g/mol. The molecule has 0 saturated heterocycles. The van der Waals surface area contributed by atoms with E-state index in [4.69, 9.17) is 4.42 Å². The van der Waals surface area contributed by atoms with Gasteiger partial charge >= 0.3 is 0 Å². The van der Waals surface area contributed by atoms with Gasteiger partial charge in [0.2, 0.25) is 5.89 Å². The van der Waals surface area contributed by atoms with E-state index in [1.807, 2.05) is 30.3 Å². The van der Waals surface area contributed by atoms with Crippen LogP contribution in [-0.2, 0) is 0 Å². The highest BCUT2D eigenvalue weighted by molar-refractivity contribution is 9.10. The second-order valence-electron chi connectivity index (χ2n) is 6.49. The Kier molecular flexibility index (Phi) is 6.59. The molecule has 154 valence electrons. The van der Waals surface area contributed by atoms with Gasteiger partial charge in [-0.3, -0.25) is 9.59 Å². The van der Waals surface area contributed by atoms with E-state index in [-0.39, 0.29) is 17.4 Å². The van der Waals surface area contributed by atoms with Gasteiger partial charge in [-0.25, -0.2) is 0 Å². The maximum Gasteiger partial charge on any atom is 0.277 e. The quantitative estimate of drug-likeness (QED) is 0.261. The van der Waals surface area contributed by atoms with E-state index >= 15 is 0 Å². The Balaban J connectivity index is 1.33. The average molecular weight is 494 g/mol. The molecule has 1 heterocycles. The Bertz CT molecular complexity index is 1210. The summed E-state index contributed by atoms with van der Waals surface area (Å²) in [6.07, 6.45) is 0. The van der Waals surface area contributed by atoms with Crippen molar-refractivity contribution in [3.63, 3.8) is 0 Å². The van der Waals surface area contributed by atoms with Gasteiger partial charge in [0.05, 0.1) is 5.75 Å². The van der Waals surface area contributed by atoms with Gasteiger partial charge in [-0.05, 0) is 54.6 Å². The summed E-state index contributed by atoms with van der Waals surface area (Å²) in [6.45, 7) is 0. The Morgan fingerprint density at radius 2 is 1.68 bits per heavy atom. The summed E-state index contributed by atoms with van der Waals surface area (Å²) in [5, 5.41) is 11.2. The molecule has 3 aromatic carbocycles. The average Bonchev–Trinajstić information content (AvgIpc) is 3.28. The summed E-state index contributed by atoms with van der Waals surface area (Å²) < 4.78 is 6.55. The third-order valence-corrected chi connectivity index (χ3v) is 5.62. The fourth-order valence-corrected chi connectivity index (χ4v) is 3.81. The molecule has 0 bridgehead atoms. The van der Waals surface area contributed by atoms with Crippen LogP contribution in [0.1, 0.15) is 20.7 Å². The molecule has 4 rings (SSSR count). The molecular weight excluding hydrogens is 478 g/mol. The van der Waals surface area contributed by atoms with Crippen molar-refractivity contribution in [2.75, 3.05) is 11.1 Å². The Hall–Kier alpha value is -3.23. The number of thioether (sulfide) groups is 1. The molecule has 0 atom stereocenters. The van der Waals surface area contributed by atoms with Gasteiger partial charge < -0.3 is 9.73 Å². The molecule has 0 saturated carbocycles. The van der Waals surface area contributed by atoms with Crippen LogP contribution < -0.4 is 5.32 Å². The summed E-state index contributed by atoms with van der Waals surface area (Å²) in [6, 6.07) is 23.3. The zero-order valence-electron chi connectivity index (χ0n) is 16.1. The van der Waals surface area contributed by atoms with E-state index in [2.05, 4.69) is 31.4 Å². The lowest BCUT2D eigenvalue weighted by atomic mass is 10.1. The lowest BCUT2D eigenvalue weighted by molar-refractivity contribution is 0.101. The first kappa shape index (κ1) is 21.0. The van der Waals surface area contributed by atoms with Crippen molar-refractivity contribution in [2.24, 2.45) is 0 Å². The van der Waals surface area contributed by atoms with Crippen LogP contribution in [0.3, 0.4) is 0 Å². The van der Waals surface area contributed by atoms with Crippen molar-refractivity contribution in [3.8, 4) is 11.5 Å². The number of nitrogens with zero attached hydrogens (tertiary/aromatic N) is 2. The minimum Gasteiger partial charge on any atom is -0.411 e. The van der Waals surface area contributed by atoms with E-state index in [9.17, 15) is 9.59 Å². The maximum absolute atomic E-state index is 12.5. The molecule has 1 N–H and O–H groups in total. The molecule has 0 radical (unpaired) electrons. The van der Waals surface area contributed by atoms with Crippen molar-refractivity contribution in [1.82, 2.24) is 10.2 Å². The van der Waals surface area contributed by atoms with Crippen molar-refractivity contribution in [1.29, 1.82) is 0 Å². The number of rotatable bonds is 7. The number of hydrogen-bond donors (Lipinski definition) is 1. The lowest BCUT2D eigenvalue weighted by Gasteiger charge is -2.06. The largest absolute Gasteiger partial charge is 0.411 e. The van der Waals surface area contributed by atoms with E-state index < -0.39 is 0 Å². The van der Waals surface area contributed by atoms with E-state index in [0.29, 0.717) is 27.9 Å². The van der Waals surface area contributed by atoms with Gasteiger partial charge in [-0.2, -0.15) is 0 Å². The minimum absolute atomic E-state index is 0.0758. The molecule has 4 aromatic rings. The molecule has 0 unspecified atom stereocenters. The smallest absolute Gasteiger partial charge is 0.277 e. The van der Waals surface area contributed by atoms with Crippen LogP contribution >= 0.6 is 27.7 Å². The number of amides is 1. The molecule has 1 amide bonds. The molecule has 1 aromatic heterocycles. The second kappa shape index (κ2) is 9.72. The van der Waals surface area contributed by atoms with Crippen LogP contribution in [-0.4, -0.2) is 27.6 Å². The number of aromatic nitrogens is 2. The standard InChI is InChI=1S/C23H16BrN3O3S/c24-18-8-4-7-17(13-18)22-26-27-23(30-22)31-14-20(28)15-9-11-19(12-10-15)25-21(29)16-5-2-1-3-6-16/h1-13H,14H2,(H,25,29). The SMILES string of the molecule is O=C(CSc1nnc(-c2cccc(Br)c2)o1)c1ccc(NC(=O)c2ccccc2)cc1. The second-order valence-corrected chi connectivity index (χ2v) is 8.34. The number of hydrogen-bond acceptors (Lipinski definition) is 6. The molecule has 0 fully saturated rings. The van der Waals surface area contributed by atoms with Gasteiger partial charge in [0.1, 0.15) is 0 Å². The van der Waals surface area contributed by atoms with Crippen LogP contribution in [0.5, 0.6) is 0 Å². The summed E-state index contributed by atoms with van der Waals surface area (Å²) in [5.74, 6) is 0.284. The number of Topliss-reactive ketones (excluding diaryl/α,β-unsaturated/α-hetero) is 1. The first-order valence-electron chi connectivity index (χ1n) is 9.30. The van der Waals surface area contributed by atoms with Crippen molar-refractivity contribution >= 4 is 45.1 Å². The fourth-order valence-electron chi connectivity index (χ4n) is 2.75. The van der Waals surface area contributed by atoms with Crippen LogP contribution in [0.25, 0.3) is 11.5 Å². The number of anilines is 1. The van der Waals surface area contributed by atoms with Crippen molar-refractivity contribution in [3.05, 3.63) is 94.5 Å². The highest BCUT2D eigenvalue weighted by Gasteiger charge is 2.13. The van der Waals surface area contributed by atoms with Gasteiger partial charge in [0.25, 0.3) is 11.1 Å². The van der Waals surface area contributed by atoms with Crippen LogP contribution in [0.2, 0.25) is 0 Å². The highest BCUT2D eigenvalue weighted by atomic mass is 79.9. The van der Waals surface area contributed by atoms with E-state index in [1.54, 1.807) is 48.5 Å². The topological polar surface area (TPSA) is 85.1 Å². The summed E-state index contributed by atoms with van der Waals surface area (Å²) in [4.78, 5) is 24.7. The Morgan fingerprint density at radius 1 is 0.903 bits per heavy atom. The van der Waals surface area contributed by atoms with Crippen molar-refractivity contribution < 1.29 is 14.0 Å². The van der Waals surface area contributed by atoms with Crippen LogP contribution in [0.4, 0.5) is 5.69 Å². The highest BCUT2D eigenvalue weighted by Crippen LogP contribution is 2.26. The zero-order valence-corrected chi connectivity index (χ0v) is 18.5. The number of benzene rings is 3. The first-order valence-corrected chi connectivity index (χ1v) is 11.1. The number of nitrogens with one attached hydrogen (secondary N) is 1. The summed E-state index contributed by atoms with van der Waals surface area (Å²) in [5.41, 5.74) is 2.53. The molecule has 0 aliphatic carbocycles. The van der Waals surface area contributed by atoms with Gasteiger partial charge in [0, 0.05) is 26.9 Å². The van der Waals surface area contributed by atoms with E-state index in [1.165, 1.54) is 11.8 Å². The summed E-state index contributed by atoms with van der Waals surface area (Å²) >= 11 is 4.59. The number of ketones is 1. The van der Waals surface area contributed by atoms with Gasteiger partial charge in [-0.15, -0.1) is 10.2 Å². The molecule has 0 aliphatic rings. The molecule has 0 aliphatic heterocycles. The molecule has 0 spiro atoms. The number of carbonyl (C=O) groups excluding carboxylic acids is 2. The molecular formula is C23H16BrN3O3S. The summed E-state index contributed by atoms with van der Waals surface area (Å²) in [7, 11) is 0. The third-order valence-electron chi connectivity index (χ3n) is 4.31. The first-order chi connectivity index (χ1) is 15.1. The fraction of sp³-hybridized carbons (Fsp3) is 0.0435. The molecule has 8 heteroatoms. The Morgan fingerprint density at radius 3 is 2.42 bits per heavy atom. The predicted octanol–water partition coefficient (Wildman–Crippen LogP) is 5.73. The van der Waals surface area contributed by atoms with Gasteiger partial charge in [-0.1, -0.05) is 52.0 Å². The molecule has 6 nitrogen and oxygen atoms in total. The van der Waals surface area contributed by atoms with E-state index in [0.717, 1.165) is 10.0 Å². The Labute approximate surface area is 191 Å². The van der Waals surface area contributed by atoms with Crippen LogP contribution in [0, 0.1) is 0 Å².